The highest BCUT2D eigenvalue weighted by atomic mass is 16.5. The fourth-order valence-electron chi connectivity index (χ4n) is 5.13. The van der Waals surface area contributed by atoms with Gasteiger partial charge < -0.3 is 28.4 Å². The second kappa shape index (κ2) is 22.1. The zero-order chi connectivity index (χ0) is 34.4. The Morgan fingerprint density at radius 1 is 0.500 bits per heavy atom. The van der Waals surface area contributed by atoms with Gasteiger partial charge in [0.15, 0.2) is 0 Å². The van der Waals surface area contributed by atoms with Gasteiger partial charge in [0.05, 0.1) is 38.3 Å². The molecule has 1 fully saturated rings. The average molecular weight is 665 g/mol. The number of rotatable bonds is 22. The van der Waals surface area contributed by atoms with E-state index in [2.05, 4.69) is 13.2 Å². The molecule has 0 spiro atoms. The lowest BCUT2D eigenvalue weighted by Gasteiger charge is -2.25. The predicted octanol–water partition coefficient (Wildman–Crippen LogP) is 7.34. The summed E-state index contributed by atoms with van der Waals surface area (Å²) in [6.45, 7) is 8.66. The highest BCUT2D eigenvalue weighted by Crippen LogP contribution is 2.32. The Labute approximate surface area is 283 Å². The van der Waals surface area contributed by atoms with Gasteiger partial charge in [0.25, 0.3) is 0 Å². The van der Waals surface area contributed by atoms with Crippen molar-refractivity contribution < 1.29 is 47.6 Å². The van der Waals surface area contributed by atoms with E-state index in [0.29, 0.717) is 75.1 Å². The normalized spacial score (nSPS) is 15.4. The smallest absolute Gasteiger partial charge is 0.330 e. The van der Waals surface area contributed by atoms with Crippen LogP contribution < -0.4 is 18.9 Å². The van der Waals surface area contributed by atoms with Gasteiger partial charge in [-0.05, 0) is 126 Å². The van der Waals surface area contributed by atoms with Crippen LogP contribution in [0.5, 0.6) is 23.0 Å². The zero-order valence-corrected chi connectivity index (χ0v) is 27.7. The summed E-state index contributed by atoms with van der Waals surface area (Å²) in [5.74, 6) is 0.401. The maximum atomic E-state index is 12.8. The van der Waals surface area contributed by atoms with E-state index in [0.717, 1.165) is 63.5 Å². The molecule has 0 amide bonds. The van der Waals surface area contributed by atoms with Crippen LogP contribution in [0, 0.1) is 11.8 Å². The number of carbonyl (C=O) groups is 4. The first-order valence-corrected chi connectivity index (χ1v) is 16.9. The summed E-state index contributed by atoms with van der Waals surface area (Å²) in [6, 6.07) is 14.0. The van der Waals surface area contributed by atoms with Gasteiger partial charge >= 0.3 is 23.9 Å². The first kappa shape index (κ1) is 37.9. The molecule has 48 heavy (non-hydrogen) atoms. The van der Waals surface area contributed by atoms with Crippen molar-refractivity contribution in [3.8, 4) is 23.0 Å². The Balaban J connectivity index is 1.25. The second-order valence-electron chi connectivity index (χ2n) is 11.6. The molecule has 2 aromatic rings. The van der Waals surface area contributed by atoms with Crippen LogP contribution in [-0.4, -0.2) is 50.3 Å². The molecule has 1 saturated carbocycles. The molecular weight excluding hydrogens is 616 g/mol. The molecule has 10 nitrogen and oxygen atoms in total. The van der Waals surface area contributed by atoms with E-state index in [1.165, 1.54) is 0 Å². The van der Waals surface area contributed by atoms with Gasteiger partial charge in [0.1, 0.15) is 23.0 Å². The number of hydrogen-bond donors (Lipinski definition) is 0. The number of carbonyl (C=O) groups excluding carboxylic acids is 4. The summed E-state index contributed by atoms with van der Waals surface area (Å²) in [4.78, 5) is 47.6. The lowest BCUT2D eigenvalue weighted by Crippen LogP contribution is -2.30. The van der Waals surface area contributed by atoms with Crippen molar-refractivity contribution in [3.05, 3.63) is 73.8 Å². The molecule has 0 atom stereocenters. The maximum absolute atomic E-state index is 12.8. The Morgan fingerprint density at radius 2 is 0.812 bits per heavy atom. The third kappa shape index (κ3) is 14.9. The second-order valence-corrected chi connectivity index (χ2v) is 11.6. The van der Waals surface area contributed by atoms with Crippen molar-refractivity contribution in [2.24, 2.45) is 11.8 Å². The van der Waals surface area contributed by atoms with Crippen LogP contribution in [0.2, 0.25) is 0 Å². The lowest BCUT2D eigenvalue weighted by atomic mass is 9.82. The molecule has 260 valence electrons. The van der Waals surface area contributed by atoms with Gasteiger partial charge in [0.2, 0.25) is 0 Å². The molecule has 0 unspecified atom stereocenters. The Kier molecular flexibility index (Phi) is 17.4. The first-order chi connectivity index (χ1) is 23.4. The Morgan fingerprint density at radius 3 is 1.15 bits per heavy atom. The average Bonchev–Trinajstić information content (AvgIpc) is 3.11. The Hall–Kier alpha value is -4.60. The highest BCUT2D eigenvalue weighted by molar-refractivity contribution is 5.81. The van der Waals surface area contributed by atoms with Gasteiger partial charge in [-0.15, -0.1) is 0 Å². The van der Waals surface area contributed by atoms with Gasteiger partial charge in [-0.25, -0.2) is 9.59 Å². The SMILES string of the molecule is C=CC(=O)OCCCCCCOc1ccc(OC(=O)[C@H]2CC[C@H](C(=O)Oc3ccc(OCCCCCCOC(=O)C=C)cc3)CC2)cc1. The van der Waals surface area contributed by atoms with Crippen LogP contribution in [0.25, 0.3) is 0 Å². The van der Waals surface area contributed by atoms with Crippen molar-refractivity contribution >= 4 is 23.9 Å². The van der Waals surface area contributed by atoms with E-state index in [-0.39, 0.29) is 23.8 Å². The van der Waals surface area contributed by atoms with E-state index in [1.807, 2.05) is 0 Å². The van der Waals surface area contributed by atoms with Gasteiger partial charge in [-0.1, -0.05) is 13.2 Å². The largest absolute Gasteiger partial charge is 0.494 e. The standard InChI is InChI=1S/C38H48O10/c1-3-35(39)45-27-11-7-5-9-25-43-31-17-21-33(22-18-31)47-37(41)29-13-15-30(16-14-29)38(42)48-34-23-19-32(20-24-34)44-26-10-6-8-12-28-46-36(40)4-2/h3-4,17-24,29-30H,1-2,5-16,25-28H2/t29-,30-. The van der Waals surface area contributed by atoms with Gasteiger partial charge in [-0.2, -0.15) is 0 Å². The van der Waals surface area contributed by atoms with E-state index in [1.54, 1.807) is 48.5 Å². The van der Waals surface area contributed by atoms with Crippen LogP contribution in [0.15, 0.2) is 73.8 Å². The third-order valence-electron chi connectivity index (χ3n) is 7.91. The van der Waals surface area contributed by atoms with Gasteiger partial charge in [0, 0.05) is 12.2 Å². The van der Waals surface area contributed by atoms with Crippen LogP contribution in [-0.2, 0) is 28.7 Å². The lowest BCUT2D eigenvalue weighted by molar-refractivity contribution is -0.145. The monoisotopic (exact) mass is 664 g/mol. The molecule has 0 aromatic heterocycles. The number of unbranched alkanes of at least 4 members (excludes halogenated alkanes) is 6. The molecule has 10 heteroatoms. The van der Waals surface area contributed by atoms with E-state index < -0.39 is 11.9 Å². The number of hydrogen-bond acceptors (Lipinski definition) is 10. The minimum atomic E-state index is -0.396. The van der Waals surface area contributed by atoms with Crippen LogP contribution >= 0.6 is 0 Å². The number of ether oxygens (including phenoxy) is 6. The molecule has 2 aromatic carbocycles. The van der Waals surface area contributed by atoms with Crippen molar-refractivity contribution in [1.29, 1.82) is 0 Å². The summed E-state index contributed by atoms with van der Waals surface area (Å²) in [5.41, 5.74) is 0. The molecular formula is C38H48O10. The first-order valence-electron chi connectivity index (χ1n) is 16.9. The van der Waals surface area contributed by atoms with Crippen LogP contribution in [0.1, 0.15) is 77.0 Å². The molecule has 0 aliphatic heterocycles. The number of benzene rings is 2. The van der Waals surface area contributed by atoms with Crippen LogP contribution in [0.4, 0.5) is 0 Å². The molecule has 3 rings (SSSR count). The predicted molar refractivity (Wildman–Crippen MR) is 180 cm³/mol. The quantitative estimate of drug-likeness (QED) is 0.0547. The van der Waals surface area contributed by atoms with Crippen molar-refractivity contribution in [2.45, 2.75) is 77.0 Å². The molecule has 0 N–H and O–H groups in total. The minimum Gasteiger partial charge on any atom is -0.494 e. The zero-order valence-electron chi connectivity index (χ0n) is 27.7. The maximum Gasteiger partial charge on any atom is 0.330 e. The summed E-state index contributed by atoms with van der Waals surface area (Å²) in [5, 5.41) is 0. The van der Waals surface area contributed by atoms with E-state index >= 15 is 0 Å². The summed E-state index contributed by atoms with van der Waals surface area (Å²) in [7, 11) is 0. The van der Waals surface area contributed by atoms with Crippen molar-refractivity contribution in [1.82, 2.24) is 0 Å². The molecule has 0 radical (unpaired) electrons. The fourth-order valence-corrected chi connectivity index (χ4v) is 5.13. The topological polar surface area (TPSA) is 124 Å². The fraction of sp³-hybridized carbons (Fsp3) is 0.474. The third-order valence-corrected chi connectivity index (χ3v) is 7.91. The molecule has 1 aliphatic rings. The van der Waals surface area contributed by atoms with Crippen LogP contribution in [0.3, 0.4) is 0 Å². The molecule has 1 aliphatic carbocycles. The minimum absolute atomic E-state index is 0.267. The van der Waals surface area contributed by atoms with Crippen molar-refractivity contribution in [3.63, 3.8) is 0 Å². The molecule has 0 saturated heterocycles. The van der Waals surface area contributed by atoms with E-state index in [4.69, 9.17) is 28.4 Å². The summed E-state index contributed by atoms with van der Waals surface area (Å²) < 4.78 is 32.6. The molecule has 0 heterocycles. The number of esters is 4. The summed E-state index contributed by atoms with van der Waals surface area (Å²) in [6.07, 6.45) is 11.7. The summed E-state index contributed by atoms with van der Waals surface area (Å²) >= 11 is 0. The Bertz CT molecular complexity index is 1190. The molecule has 0 bridgehead atoms. The highest BCUT2D eigenvalue weighted by Gasteiger charge is 2.32. The van der Waals surface area contributed by atoms with Crippen molar-refractivity contribution in [2.75, 3.05) is 26.4 Å². The van der Waals surface area contributed by atoms with E-state index in [9.17, 15) is 19.2 Å². The van der Waals surface area contributed by atoms with Gasteiger partial charge in [-0.3, -0.25) is 9.59 Å².